The SMILES string of the molecule is COC(=O)NC(=O)CN1CCNCC1C#N. The van der Waals surface area contributed by atoms with Gasteiger partial charge in [0.15, 0.2) is 0 Å². The van der Waals surface area contributed by atoms with Gasteiger partial charge in [-0.2, -0.15) is 5.26 Å². The summed E-state index contributed by atoms with van der Waals surface area (Å²) in [6.07, 6.45) is -0.784. The van der Waals surface area contributed by atoms with E-state index in [1.54, 1.807) is 4.90 Å². The summed E-state index contributed by atoms with van der Waals surface area (Å²) in [5, 5.41) is 14.0. The van der Waals surface area contributed by atoms with Gasteiger partial charge in [-0.25, -0.2) is 4.79 Å². The fourth-order valence-electron chi connectivity index (χ4n) is 1.45. The average Bonchev–Trinajstić information content (AvgIpc) is 2.29. The number of piperazine rings is 1. The van der Waals surface area contributed by atoms with Crippen LogP contribution in [-0.4, -0.2) is 56.2 Å². The molecule has 0 radical (unpaired) electrons. The van der Waals surface area contributed by atoms with Crippen molar-refractivity contribution in [2.75, 3.05) is 33.3 Å². The van der Waals surface area contributed by atoms with Gasteiger partial charge in [-0.3, -0.25) is 15.0 Å². The average molecular weight is 226 g/mol. The lowest BCUT2D eigenvalue weighted by molar-refractivity contribution is -0.122. The zero-order valence-electron chi connectivity index (χ0n) is 9.02. The fourth-order valence-corrected chi connectivity index (χ4v) is 1.45. The lowest BCUT2D eigenvalue weighted by atomic mass is 10.2. The monoisotopic (exact) mass is 226 g/mol. The van der Waals surface area contributed by atoms with Gasteiger partial charge in [-0.15, -0.1) is 0 Å². The van der Waals surface area contributed by atoms with Crippen molar-refractivity contribution in [3.05, 3.63) is 0 Å². The van der Waals surface area contributed by atoms with E-state index >= 15 is 0 Å². The van der Waals surface area contributed by atoms with Crippen LogP contribution in [0.15, 0.2) is 0 Å². The Balaban J connectivity index is 2.43. The van der Waals surface area contributed by atoms with Gasteiger partial charge in [0.05, 0.1) is 19.7 Å². The van der Waals surface area contributed by atoms with Crippen molar-refractivity contribution in [3.8, 4) is 6.07 Å². The Morgan fingerprint density at radius 2 is 2.44 bits per heavy atom. The minimum atomic E-state index is -0.784. The highest BCUT2D eigenvalue weighted by molar-refractivity contribution is 5.92. The Labute approximate surface area is 93.3 Å². The number of carbonyl (C=O) groups is 2. The number of hydrogen-bond acceptors (Lipinski definition) is 6. The third-order valence-electron chi connectivity index (χ3n) is 2.28. The number of rotatable bonds is 2. The molecule has 0 aromatic heterocycles. The zero-order chi connectivity index (χ0) is 12.0. The molecular formula is C9H14N4O3. The summed E-state index contributed by atoms with van der Waals surface area (Å²) in [6.45, 7) is 1.88. The number of nitriles is 1. The number of imide groups is 1. The summed E-state index contributed by atoms with van der Waals surface area (Å²) in [4.78, 5) is 23.8. The zero-order valence-corrected chi connectivity index (χ0v) is 9.02. The summed E-state index contributed by atoms with van der Waals surface area (Å²) in [6, 6.07) is 1.76. The molecule has 88 valence electrons. The van der Waals surface area contributed by atoms with E-state index in [1.807, 2.05) is 5.32 Å². The topological polar surface area (TPSA) is 94.5 Å². The first-order valence-corrected chi connectivity index (χ1v) is 4.89. The van der Waals surface area contributed by atoms with Crippen molar-refractivity contribution < 1.29 is 14.3 Å². The molecule has 7 nitrogen and oxygen atoms in total. The Bertz CT molecular complexity index is 312. The normalized spacial score (nSPS) is 20.9. The van der Waals surface area contributed by atoms with Gasteiger partial charge in [0.25, 0.3) is 0 Å². The lowest BCUT2D eigenvalue weighted by Crippen LogP contribution is -2.53. The third kappa shape index (κ3) is 3.49. The molecule has 1 aliphatic rings. The van der Waals surface area contributed by atoms with E-state index in [0.717, 1.165) is 6.54 Å². The molecule has 2 N–H and O–H groups in total. The van der Waals surface area contributed by atoms with E-state index in [-0.39, 0.29) is 12.6 Å². The van der Waals surface area contributed by atoms with Crippen LogP contribution in [0.25, 0.3) is 0 Å². The lowest BCUT2D eigenvalue weighted by Gasteiger charge is -2.30. The first-order chi connectivity index (χ1) is 7.67. The molecule has 1 unspecified atom stereocenters. The van der Waals surface area contributed by atoms with Crippen LogP contribution < -0.4 is 10.6 Å². The summed E-state index contributed by atoms with van der Waals surface area (Å²) in [7, 11) is 1.19. The number of alkyl carbamates (subject to hydrolysis) is 1. The molecule has 0 aromatic rings. The van der Waals surface area contributed by atoms with Gasteiger partial charge in [-0.1, -0.05) is 0 Å². The van der Waals surface area contributed by atoms with Gasteiger partial charge in [-0.05, 0) is 0 Å². The van der Waals surface area contributed by atoms with Gasteiger partial charge >= 0.3 is 6.09 Å². The summed E-state index contributed by atoms with van der Waals surface area (Å²) < 4.78 is 4.30. The van der Waals surface area contributed by atoms with Gasteiger partial charge < -0.3 is 10.1 Å². The van der Waals surface area contributed by atoms with E-state index < -0.39 is 12.0 Å². The first kappa shape index (κ1) is 12.4. The molecule has 2 amide bonds. The minimum Gasteiger partial charge on any atom is -0.453 e. The second-order valence-corrected chi connectivity index (χ2v) is 3.36. The number of ether oxygens (including phenoxy) is 1. The van der Waals surface area contributed by atoms with E-state index in [0.29, 0.717) is 13.1 Å². The van der Waals surface area contributed by atoms with Crippen LogP contribution in [0.2, 0.25) is 0 Å². The predicted molar refractivity (Wildman–Crippen MR) is 54.4 cm³/mol. The summed E-state index contributed by atoms with van der Waals surface area (Å²) >= 11 is 0. The molecule has 0 aromatic carbocycles. The summed E-state index contributed by atoms with van der Waals surface area (Å²) in [5.74, 6) is -0.464. The van der Waals surface area contributed by atoms with E-state index in [1.165, 1.54) is 7.11 Å². The number of methoxy groups -OCH3 is 1. The van der Waals surface area contributed by atoms with E-state index in [9.17, 15) is 9.59 Å². The van der Waals surface area contributed by atoms with Gasteiger partial charge in [0.2, 0.25) is 5.91 Å². The maximum atomic E-state index is 11.4. The van der Waals surface area contributed by atoms with Crippen LogP contribution in [-0.2, 0) is 9.53 Å². The molecule has 0 aliphatic carbocycles. The largest absolute Gasteiger partial charge is 0.453 e. The highest BCUT2D eigenvalue weighted by Gasteiger charge is 2.24. The molecule has 1 fully saturated rings. The number of carbonyl (C=O) groups excluding carboxylic acids is 2. The van der Waals surface area contributed by atoms with Crippen LogP contribution in [0, 0.1) is 11.3 Å². The van der Waals surface area contributed by atoms with Crippen molar-refractivity contribution >= 4 is 12.0 Å². The quantitative estimate of drug-likeness (QED) is 0.605. The molecule has 0 spiro atoms. The maximum absolute atomic E-state index is 11.4. The van der Waals surface area contributed by atoms with Crippen molar-refractivity contribution in [2.45, 2.75) is 6.04 Å². The minimum absolute atomic E-state index is 0.0228. The van der Waals surface area contributed by atoms with Crippen molar-refractivity contribution in [1.29, 1.82) is 5.26 Å². The maximum Gasteiger partial charge on any atom is 0.413 e. The molecule has 1 heterocycles. The third-order valence-corrected chi connectivity index (χ3v) is 2.28. The molecule has 0 bridgehead atoms. The Kier molecular flexibility index (Phi) is 4.69. The van der Waals surface area contributed by atoms with E-state index in [2.05, 4.69) is 16.1 Å². The second kappa shape index (κ2) is 6.05. The Morgan fingerprint density at radius 1 is 1.69 bits per heavy atom. The van der Waals surface area contributed by atoms with Gasteiger partial charge in [0, 0.05) is 19.6 Å². The van der Waals surface area contributed by atoms with Crippen LogP contribution >= 0.6 is 0 Å². The van der Waals surface area contributed by atoms with Gasteiger partial charge in [0.1, 0.15) is 6.04 Å². The molecule has 1 rings (SSSR count). The number of nitrogens with zero attached hydrogens (tertiary/aromatic N) is 2. The standard InChI is InChI=1S/C9H14N4O3/c1-16-9(15)12-8(14)6-13-3-2-11-5-7(13)4-10/h7,11H,2-3,5-6H2,1H3,(H,12,14,15). The first-order valence-electron chi connectivity index (χ1n) is 4.89. The van der Waals surface area contributed by atoms with Crippen LogP contribution in [0.5, 0.6) is 0 Å². The molecular weight excluding hydrogens is 212 g/mol. The molecule has 7 heteroatoms. The molecule has 1 saturated heterocycles. The number of amides is 2. The van der Waals surface area contributed by atoms with Crippen molar-refractivity contribution in [2.24, 2.45) is 0 Å². The van der Waals surface area contributed by atoms with Crippen LogP contribution in [0.4, 0.5) is 4.79 Å². The second-order valence-electron chi connectivity index (χ2n) is 3.36. The van der Waals surface area contributed by atoms with Crippen LogP contribution in [0.1, 0.15) is 0 Å². The molecule has 16 heavy (non-hydrogen) atoms. The fraction of sp³-hybridized carbons (Fsp3) is 0.667. The number of hydrogen-bond donors (Lipinski definition) is 2. The Hall–Kier alpha value is -1.65. The molecule has 1 atom stereocenters. The van der Waals surface area contributed by atoms with Crippen molar-refractivity contribution in [1.82, 2.24) is 15.5 Å². The highest BCUT2D eigenvalue weighted by atomic mass is 16.5. The Morgan fingerprint density at radius 3 is 3.06 bits per heavy atom. The van der Waals surface area contributed by atoms with Crippen molar-refractivity contribution in [3.63, 3.8) is 0 Å². The highest BCUT2D eigenvalue weighted by Crippen LogP contribution is 2.01. The number of nitrogens with one attached hydrogen (secondary N) is 2. The summed E-state index contributed by atoms with van der Waals surface area (Å²) in [5.41, 5.74) is 0. The molecule has 0 saturated carbocycles. The van der Waals surface area contributed by atoms with E-state index in [4.69, 9.17) is 5.26 Å². The molecule has 1 aliphatic heterocycles. The predicted octanol–water partition coefficient (Wildman–Crippen LogP) is -1.33. The van der Waals surface area contributed by atoms with Crippen LogP contribution in [0.3, 0.4) is 0 Å². The smallest absolute Gasteiger partial charge is 0.413 e.